The molecule has 1 fully saturated rings. The van der Waals surface area contributed by atoms with Crippen molar-refractivity contribution in [1.29, 1.82) is 0 Å². The second-order valence-electron chi connectivity index (χ2n) is 8.88. The number of fused-ring (bicyclic) bond motifs is 1. The number of piperidine rings is 1. The number of nitrogens with zero attached hydrogens (tertiary/aromatic N) is 3. The van der Waals surface area contributed by atoms with Crippen LogP contribution in [0.1, 0.15) is 40.6 Å². The average molecular weight is 460 g/mol. The Morgan fingerprint density at radius 1 is 1.00 bits per heavy atom. The lowest BCUT2D eigenvalue weighted by molar-refractivity contribution is -0.116. The maximum Gasteiger partial charge on any atom is 0.268 e. The molecular formula is C27H29N3O2S. The Balaban J connectivity index is 1.37. The lowest BCUT2D eigenvalue weighted by Gasteiger charge is -2.38. The summed E-state index contributed by atoms with van der Waals surface area (Å²) in [6.07, 6.45) is 2.72. The molecule has 0 spiro atoms. The number of benzene rings is 2. The van der Waals surface area contributed by atoms with Gasteiger partial charge in [0.2, 0.25) is 5.91 Å². The Morgan fingerprint density at radius 3 is 2.48 bits per heavy atom. The average Bonchev–Trinajstić information content (AvgIpc) is 3.51. The van der Waals surface area contributed by atoms with Crippen LogP contribution in [0.4, 0.5) is 11.4 Å². The first-order valence-electron chi connectivity index (χ1n) is 11.6. The molecule has 2 amide bonds. The number of amides is 2. The van der Waals surface area contributed by atoms with E-state index in [1.54, 1.807) is 6.92 Å². The van der Waals surface area contributed by atoms with Crippen LogP contribution in [0.25, 0.3) is 0 Å². The number of anilines is 2. The number of carbonyl (C=O) groups excluding carboxylic acids is 2. The molecule has 0 bridgehead atoms. The second-order valence-corrected chi connectivity index (χ2v) is 9.83. The third-order valence-electron chi connectivity index (χ3n) is 6.74. The molecule has 0 unspecified atom stereocenters. The Bertz CT molecular complexity index is 1120. The van der Waals surface area contributed by atoms with Gasteiger partial charge >= 0.3 is 0 Å². The van der Waals surface area contributed by atoms with E-state index in [2.05, 4.69) is 41.3 Å². The normalized spacial score (nSPS) is 16.6. The van der Waals surface area contributed by atoms with Crippen molar-refractivity contribution in [3.05, 3.63) is 82.0 Å². The molecule has 0 aliphatic carbocycles. The van der Waals surface area contributed by atoms with Crippen molar-refractivity contribution in [2.45, 2.75) is 38.8 Å². The van der Waals surface area contributed by atoms with Gasteiger partial charge in [-0.2, -0.15) is 0 Å². The van der Waals surface area contributed by atoms with E-state index in [-0.39, 0.29) is 17.9 Å². The fraction of sp³-hybridized carbons (Fsp3) is 0.333. The molecule has 5 nitrogen and oxygen atoms in total. The summed E-state index contributed by atoms with van der Waals surface area (Å²) in [4.78, 5) is 32.7. The third-order valence-corrected chi connectivity index (χ3v) is 7.60. The molecule has 1 aromatic heterocycles. The van der Waals surface area contributed by atoms with Gasteiger partial charge in [0.05, 0.1) is 4.88 Å². The molecule has 2 aliphatic heterocycles. The van der Waals surface area contributed by atoms with E-state index in [9.17, 15) is 9.59 Å². The third kappa shape index (κ3) is 4.59. The van der Waals surface area contributed by atoms with Gasteiger partial charge in [0.1, 0.15) is 0 Å². The Labute approximate surface area is 199 Å². The van der Waals surface area contributed by atoms with E-state index in [1.807, 2.05) is 39.4 Å². The van der Waals surface area contributed by atoms with Crippen LogP contribution in [-0.4, -0.2) is 42.4 Å². The lowest BCUT2D eigenvalue weighted by Crippen LogP contribution is -2.47. The van der Waals surface area contributed by atoms with Crippen molar-refractivity contribution in [3.8, 4) is 0 Å². The molecule has 3 heterocycles. The van der Waals surface area contributed by atoms with Crippen molar-refractivity contribution in [1.82, 2.24) is 4.90 Å². The highest BCUT2D eigenvalue weighted by Crippen LogP contribution is 2.35. The zero-order valence-corrected chi connectivity index (χ0v) is 19.8. The predicted octanol–water partition coefficient (Wildman–Crippen LogP) is 4.97. The summed E-state index contributed by atoms with van der Waals surface area (Å²) in [6, 6.07) is 20.7. The molecule has 0 N–H and O–H groups in total. The van der Waals surface area contributed by atoms with E-state index < -0.39 is 0 Å². The van der Waals surface area contributed by atoms with Gasteiger partial charge in [-0.05, 0) is 60.0 Å². The van der Waals surface area contributed by atoms with Crippen LogP contribution in [-0.2, 0) is 17.8 Å². The van der Waals surface area contributed by atoms with Gasteiger partial charge in [-0.1, -0.05) is 36.4 Å². The Hall–Kier alpha value is -2.96. The summed E-state index contributed by atoms with van der Waals surface area (Å²) in [5.74, 6) is 0.145. The monoisotopic (exact) mass is 459 g/mol. The number of thiophene rings is 1. The van der Waals surface area contributed by atoms with Gasteiger partial charge < -0.3 is 9.80 Å². The quantitative estimate of drug-likeness (QED) is 0.541. The number of hydrogen-bond acceptors (Lipinski definition) is 4. The highest BCUT2D eigenvalue weighted by Gasteiger charge is 2.32. The zero-order chi connectivity index (χ0) is 22.8. The largest absolute Gasteiger partial charge is 0.312 e. The molecule has 2 aliphatic rings. The van der Waals surface area contributed by atoms with E-state index in [1.165, 1.54) is 16.9 Å². The van der Waals surface area contributed by atoms with Gasteiger partial charge in [-0.3, -0.25) is 14.5 Å². The fourth-order valence-electron chi connectivity index (χ4n) is 5.06. The number of carbonyl (C=O) groups is 2. The van der Waals surface area contributed by atoms with E-state index in [0.717, 1.165) is 60.7 Å². The summed E-state index contributed by atoms with van der Waals surface area (Å²) in [6.45, 7) is 5.21. The predicted molar refractivity (Wildman–Crippen MR) is 134 cm³/mol. The maximum atomic E-state index is 13.6. The van der Waals surface area contributed by atoms with Gasteiger partial charge in [0.15, 0.2) is 0 Å². The maximum absolute atomic E-state index is 13.6. The van der Waals surface area contributed by atoms with Gasteiger partial charge in [0.25, 0.3) is 5.91 Å². The highest BCUT2D eigenvalue weighted by atomic mass is 32.1. The van der Waals surface area contributed by atoms with Crippen molar-refractivity contribution < 1.29 is 9.59 Å². The first kappa shape index (κ1) is 21.9. The zero-order valence-electron chi connectivity index (χ0n) is 18.9. The van der Waals surface area contributed by atoms with Crippen molar-refractivity contribution in [3.63, 3.8) is 0 Å². The molecule has 0 saturated carbocycles. The summed E-state index contributed by atoms with van der Waals surface area (Å²) in [7, 11) is 0. The molecule has 0 atom stereocenters. The van der Waals surface area contributed by atoms with Crippen molar-refractivity contribution in [2.75, 3.05) is 29.4 Å². The first-order valence-corrected chi connectivity index (χ1v) is 12.5. The van der Waals surface area contributed by atoms with E-state index >= 15 is 0 Å². The molecular weight excluding hydrogens is 430 g/mol. The molecule has 1 saturated heterocycles. The SMILES string of the molecule is CC(=O)N1CCc2cc(N(C(=O)c3cccs3)C3CCN(Cc4ccccc4)CC3)ccc21. The molecule has 6 heteroatoms. The second kappa shape index (κ2) is 9.49. The molecule has 5 rings (SSSR count). The van der Waals surface area contributed by atoms with Crippen molar-refractivity contribution in [2.24, 2.45) is 0 Å². The van der Waals surface area contributed by atoms with E-state index in [4.69, 9.17) is 0 Å². The number of hydrogen-bond donors (Lipinski definition) is 0. The van der Waals surface area contributed by atoms with E-state index in [0.29, 0.717) is 6.54 Å². The van der Waals surface area contributed by atoms with Crippen LogP contribution in [0.5, 0.6) is 0 Å². The summed E-state index contributed by atoms with van der Waals surface area (Å²) in [5.41, 5.74) is 4.40. The van der Waals surface area contributed by atoms with Crippen molar-refractivity contribution >= 4 is 34.5 Å². The molecule has 170 valence electrons. The molecule has 33 heavy (non-hydrogen) atoms. The summed E-state index contributed by atoms with van der Waals surface area (Å²) >= 11 is 1.50. The van der Waals surface area contributed by atoms with Crippen LogP contribution in [0.2, 0.25) is 0 Å². The van der Waals surface area contributed by atoms with Gasteiger partial charge in [-0.15, -0.1) is 11.3 Å². The molecule has 2 aromatic carbocycles. The Kier molecular flexibility index (Phi) is 6.29. The first-order chi connectivity index (χ1) is 16.1. The van der Waals surface area contributed by atoms with Gasteiger partial charge in [-0.25, -0.2) is 0 Å². The summed E-state index contributed by atoms with van der Waals surface area (Å²) in [5, 5.41) is 1.96. The molecule has 0 radical (unpaired) electrons. The minimum atomic E-state index is 0.0683. The minimum absolute atomic E-state index is 0.0683. The standard InChI is InChI=1S/C27H29N3O2S/c1-20(31)29-16-11-22-18-24(9-10-25(22)29)30(27(32)26-8-5-17-33-26)23-12-14-28(15-13-23)19-21-6-3-2-4-7-21/h2-10,17-18,23H,11-16,19H2,1H3. The topological polar surface area (TPSA) is 43.9 Å². The number of likely N-dealkylation sites (tertiary alicyclic amines) is 1. The number of rotatable bonds is 5. The van der Waals surface area contributed by atoms with Crippen LogP contribution in [0.15, 0.2) is 66.0 Å². The van der Waals surface area contributed by atoms with Gasteiger partial charge in [0, 0.05) is 50.5 Å². The fourth-order valence-corrected chi connectivity index (χ4v) is 5.72. The van der Waals surface area contributed by atoms with Crippen LogP contribution in [0.3, 0.4) is 0 Å². The van der Waals surface area contributed by atoms with Crippen LogP contribution in [0, 0.1) is 0 Å². The lowest BCUT2D eigenvalue weighted by atomic mass is 10.00. The minimum Gasteiger partial charge on any atom is -0.312 e. The molecule has 3 aromatic rings. The Morgan fingerprint density at radius 2 is 1.79 bits per heavy atom. The van der Waals surface area contributed by atoms with Crippen LogP contribution >= 0.6 is 11.3 Å². The smallest absolute Gasteiger partial charge is 0.268 e. The summed E-state index contributed by atoms with van der Waals surface area (Å²) < 4.78 is 0. The highest BCUT2D eigenvalue weighted by molar-refractivity contribution is 7.12. The van der Waals surface area contributed by atoms with Crippen LogP contribution < -0.4 is 9.80 Å².